The van der Waals surface area contributed by atoms with Gasteiger partial charge in [-0.05, 0) is 36.4 Å². The van der Waals surface area contributed by atoms with Gasteiger partial charge in [-0.2, -0.15) is 0 Å². The van der Waals surface area contributed by atoms with E-state index in [-0.39, 0.29) is 22.4 Å². The van der Waals surface area contributed by atoms with Crippen LogP contribution in [0.1, 0.15) is 5.56 Å². The van der Waals surface area contributed by atoms with E-state index in [1.807, 2.05) is 0 Å². The van der Waals surface area contributed by atoms with Crippen molar-refractivity contribution >= 4 is 33.4 Å². The van der Waals surface area contributed by atoms with Crippen LogP contribution in [-0.4, -0.2) is 11.0 Å². The molecule has 0 heterocycles. The molecule has 0 saturated heterocycles. The molecule has 2 rings (SSSR count). The van der Waals surface area contributed by atoms with E-state index < -0.39 is 5.82 Å². The summed E-state index contributed by atoms with van der Waals surface area (Å²) in [7, 11) is 0. The third-order valence-corrected chi connectivity index (χ3v) is 3.24. The van der Waals surface area contributed by atoms with Gasteiger partial charge >= 0.3 is 0 Å². The van der Waals surface area contributed by atoms with Crippen LogP contribution in [0, 0.1) is 5.82 Å². The monoisotopic (exact) mass is 358 g/mol. The second kappa shape index (κ2) is 6.11. The maximum Gasteiger partial charge on any atom is 0.170 e. The van der Waals surface area contributed by atoms with Gasteiger partial charge in [-0.1, -0.05) is 32.7 Å². The zero-order chi connectivity index (χ0) is 14.7. The first-order chi connectivity index (χ1) is 9.51. The highest BCUT2D eigenvalue weighted by Gasteiger charge is 2.10. The lowest BCUT2D eigenvalue weighted by atomic mass is 10.2. The predicted octanol–water partition coefficient (Wildman–Crippen LogP) is 4.13. The molecule has 3 N–H and O–H groups in total. The van der Waals surface area contributed by atoms with E-state index in [1.165, 1.54) is 24.3 Å². The number of benzene rings is 2. The minimum atomic E-state index is -0.509. The van der Waals surface area contributed by atoms with E-state index in [1.54, 1.807) is 12.1 Å². The molecule has 20 heavy (non-hydrogen) atoms. The van der Waals surface area contributed by atoms with Crippen LogP contribution in [-0.2, 0) is 0 Å². The molecular weight excluding hydrogens is 351 g/mol. The highest BCUT2D eigenvalue weighted by Crippen LogP contribution is 2.32. The fourth-order valence-corrected chi connectivity index (χ4v) is 2.03. The number of rotatable bonds is 3. The molecule has 0 radical (unpaired) electrons. The predicted molar refractivity (Wildman–Crippen MR) is 78.1 cm³/mol. The van der Waals surface area contributed by atoms with Gasteiger partial charge < -0.3 is 15.7 Å². The normalized spacial score (nSPS) is 11.4. The van der Waals surface area contributed by atoms with Gasteiger partial charge in [0.25, 0.3) is 0 Å². The summed E-state index contributed by atoms with van der Waals surface area (Å²) in [6.45, 7) is 0. The summed E-state index contributed by atoms with van der Waals surface area (Å²) in [5, 5.41) is 11.7. The molecule has 7 heteroatoms. The van der Waals surface area contributed by atoms with Crippen LogP contribution < -0.4 is 10.5 Å². The lowest BCUT2D eigenvalue weighted by Crippen LogP contribution is -2.12. The number of nitrogens with zero attached hydrogens (tertiary/aromatic N) is 1. The highest BCUT2D eigenvalue weighted by atomic mass is 79.9. The van der Waals surface area contributed by atoms with Gasteiger partial charge in [0.05, 0.1) is 5.02 Å². The topological polar surface area (TPSA) is 67.8 Å². The van der Waals surface area contributed by atoms with E-state index >= 15 is 0 Å². The average molecular weight is 360 g/mol. The Hall–Kier alpha value is -1.79. The minimum absolute atomic E-state index is 0.0397. The Kier molecular flexibility index (Phi) is 4.46. The second-order valence-corrected chi connectivity index (χ2v) is 5.13. The lowest BCUT2D eigenvalue weighted by Gasteiger charge is -2.10. The highest BCUT2D eigenvalue weighted by molar-refractivity contribution is 9.10. The molecule has 0 aliphatic heterocycles. The van der Waals surface area contributed by atoms with E-state index in [9.17, 15) is 4.39 Å². The molecular formula is C13H9BrClFN2O2. The zero-order valence-corrected chi connectivity index (χ0v) is 12.3. The van der Waals surface area contributed by atoms with E-state index in [4.69, 9.17) is 27.3 Å². The molecule has 2 aromatic rings. The van der Waals surface area contributed by atoms with Gasteiger partial charge in [0.2, 0.25) is 0 Å². The number of halogens is 3. The number of hydrogen-bond acceptors (Lipinski definition) is 3. The number of hydrogen-bond donors (Lipinski definition) is 2. The maximum atomic E-state index is 13.6. The van der Waals surface area contributed by atoms with Crippen molar-refractivity contribution in [2.45, 2.75) is 0 Å². The molecule has 0 saturated carbocycles. The average Bonchev–Trinajstić information content (AvgIpc) is 2.44. The van der Waals surface area contributed by atoms with Crippen LogP contribution in [0.15, 0.2) is 46.0 Å². The number of amidine groups is 1. The Morgan fingerprint density at radius 1 is 1.25 bits per heavy atom. The van der Waals surface area contributed by atoms with Crippen LogP contribution >= 0.6 is 27.5 Å². The molecule has 0 unspecified atom stereocenters. The second-order valence-electron chi connectivity index (χ2n) is 3.81. The quantitative estimate of drug-likeness (QED) is 0.375. The van der Waals surface area contributed by atoms with Gasteiger partial charge in [-0.3, -0.25) is 0 Å². The van der Waals surface area contributed by atoms with E-state index in [0.717, 1.165) is 0 Å². The van der Waals surface area contributed by atoms with Crippen LogP contribution in [0.5, 0.6) is 11.5 Å². The zero-order valence-electron chi connectivity index (χ0n) is 9.98. The van der Waals surface area contributed by atoms with Crippen molar-refractivity contribution in [1.82, 2.24) is 0 Å². The lowest BCUT2D eigenvalue weighted by molar-refractivity contribution is 0.318. The minimum Gasteiger partial charge on any atom is -0.453 e. The van der Waals surface area contributed by atoms with Crippen LogP contribution in [0.4, 0.5) is 4.39 Å². The van der Waals surface area contributed by atoms with Crippen molar-refractivity contribution in [2.75, 3.05) is 0 Å². The molecule has 104 valence electrons. The third kappa shape index (κ3) is 3.20. The van der Waals surface area contributed by atoms with Crippen LogP contribution in [0.25, 0.3) is 0 Å². The SMILES string of the molecule is N/C(=N/O)c1ccc(Oc2cc(Br)ccc2F)c(Cl)c1. The Morgan fingerprint density at radius 2 is 2.00 bits per heavy atom. The largest absolute Gasteiger partial charge is 0.453 e. The van der Waals surface area contributed by atoms with Gasteiger partial charge in [0.1, 0.15) is 5.75 Å². The number of ether oxygens (including phenoxy) is 1. The van der Waals surface area contributed by atoms with Crippen molar-refractivity contribution in [1.29, 1.82) is 0 Å². The molecule has 2 aromatic carbocycles. The molecule has 0 aliphatic rings. The van der Waals surface area contributed by atoms with Crippen molar-refractivity contribution in [3.8, 4) is 11.5 Å². The molecule has 0 aliphatic carbocycles. The fourth-order valence-electron chi connectivity index (χ4n) is 1.47. The summed E-state index contributed by atoms with van der Waals surface area (Å²) in [5.41, 5.74) is 5.87. The Labute approximate surface area is 127 Å². The molecule has 4 nitrogen and oxygen atoms in total. The summed E-state index contributed by atoms with van der Waals surface area (Å²) < 4.78 is 19.7. The van der Waals surface area contributed by atoms with Crippen molar-refractivity contribution in [2.24, 2.45) is 10.9 Å². The third-order valence-electron chi connectivity index (χ3n) is 2.45. The maximum absolute atomic E-state index is 13.6. The number of oxime groups is 1. The Bertz CT molecular complexity index is 679. The van der Waals surface area contributed by atoms with Gasteiger partial charge in [0.15, 0.2) is 17.4 Å². The molecule has 0 spiro atoms. The smallest absolute Gasteiger partial charge is 0.170 e. The Morgan fingerprint density at radius 3 is 2.65 bits per heavy atom. The standard InChI is InChI=1S/C13H9BrClFN2O2/c14-8-2-3-10(16)12(6-8)20-11-4-1-7(5-9(11)15)13(17)18-19/h1-6,19H,(H2,17,18). The number of nitrogens with two attached hydrogens (primary N) is 1. The molecule has 0 bridgehead atoms. The van der Waals surface area contributed by atoms with Crippen molar-refractivity contribution in [3.05, 3.63) is 57.3 Å². The van der Waals surface area contributed by atoms with Gasteiger partial charge in [0, 0.05) is 10.0 Å². The van der Waals surface area contributed by atoms with E-state index in [0.29, 0.717) is 10.0 Å². The van der Waals surface area contributed by atoms with Gasteiger partial charge in [-0.15, -0.1) is 0 Å². The van der Waals surface area contributed by atoms with Crippen LogP contribution in [0.3, 0.4) is 0 Å². The molecule has 0 aromatic heterocycles. The summed E-state index contributed by atoms with van der Waals surface area (Å²) in [5.74, 6) is -0.284. The first-order valence-corrected chi connectivity index (χ1v) is 6.58. The summed E-state index contributed by atoms with van der Waals surface area (Å²) in [6.07, 6.45) is 0. The Balaban J connectivity index is 2.33. The first kappa shape index (κ1) is 14.6. The van der Waals surface area contributed by atoms with Crippen molar-refractivity contribution in [3.63, 3.8) is 0 Å². The molecule has 0 atom stereocenters. The first-order valence-electron chi connectivity index (χ1n) is 5.41. The summed E-state index contributed by atoms with van der Waals surface area (Å²) in [6, 6.07) is 8.84. The summed E-state index contributed by atoms with van der Waals surface area (Å²) >= 11 is 9.25. The van der Waals surface area contributed by atoms with Crippen LogP contribution in [0.2, 0.25) is 5.02 Å². The molecule has 0 amide bonds. The summed E-state index contributed by atoms with van der Waals surface area (Å²) in [4.78, 5) is 0. The molecule has 0 fully saturated rings. The van der Waals surface area contributed by atoms with E-state index in [2.05, 4.69) is 21.1 Å². The fraction of sp³-hybridized carbons (Fsp3) is 0. The van der Waals surface area contributed by atoms with Crippen molar-refractivity contribution < 1.29 is 14.3 Å². The van der Waals surface area contributed by atoms with Gasteiger partial charge in [-0.25, -0.2) is 4.39 Å².